The fourth-order valence-corrected chi connectivity index (χ4v) is 3.44. The molecule has 1 aliphatic rings. The molecule has 1 fully saturated rings. The minimum atomic E-state index is -4.34. The van der Waals surface area contributed by atoms with E-state index in [4.69, 9.17) is 0 Å². The molecule has 7 heteroatoms. The molecule has 150 valence electrons. The summed E-state index contributed by atoms with van der Waals surface area (Å²) in [5.41, 5.74) is 1.11. The summed E-state index contributed by atoms with van der Waals surface area (Å²) in [6.45, 7) is 3.65. The number of aryl methyl sites for hydroxylation is 1. The van der Waals surface area contributed by atoms with Crippen molar-refractivity contribution in [3.05, 3.63) is 64.7 Å². The lowest BCUT2D eigenvalue weighted by Gasteiger charge is -2.32. The van der Waals surface area contributed by atoms with Gasteiger partial charge >= 0.3 is 6.18 Å². The third-order valence-electron chi connectivity index (χ3n) is 4.98. The predicted molar refractivity (Wildman–Crippen MR) is 100 cm³/mol. The summed E-state index contributed by atoms with van der Waals surface area (Å²) >= 11 is 0. The SMILES string of the molecule is Cc1ccc(C(=O)NC2CCN(Cc3cccc(C(F)(F)F)c3)CC2)c(O)c1. The second-order valence-electron chi connectivity index (χ2n) is 7.24. The van der Waals surface area contributed by atoms with E-state index in [-0.39, 0.29) is 23.3 Å². The summed E-state index contributed by atoms with van der Waals surface area (Å²) in [5.74, 6) is -0.353. The van der Waals surface area contributed by atoms with Gasteiger partial charge in [-0.1, -0.05) is 24.3 Å². The van der Waals surface area contributed by atoms with Crippen LogP contribution in [-0.2, 0) is 12.7 Å². The topological polar surface area (TPSA) is 52.6 Å². The molecular weight excluding hydrogens is 369 g/mol. The van der Waals surface area contributed by atoms with Gasteiger partial charge in [0.05, 0.1) is 11.1 Å². The Morgan fingerprint density at radius 2 is 1.89 bits per heavy atom. The lowest BCUT2D eigenvalue weighted by Crippen LogP contribution is -2.44. The first-order valence-electron chi connectivity index (χ1n) is 9.21. The maximum Gasteiger partial charge on any atom is 0.416 e. The van der Waals surface area contributed by atoms with Crippen molar-refractivity contribution < 1.29 is 23.1 Å². The molecule has 0 atom stereocenters. The molecule has 0 saturated carbocycles. The molecule has 1 heterocycles. The number of piperidine rings is 1. The fraction of sp³-hybridized carbons (Fsp3) is 0.381. The van der Waals surface area contributed by atoms with E-state index in [1.165, 1.54) is 12.1 Å². The van der Waals surface area contributed by atoms with Gasteiger partial charge in [-0.2, -0.15) is 13.2 Å². The Hall–Kier alpha value is -2.54. The molecule has 0 aromatic heterocycles. The van der Waals surface area contributed by atoms with Crippen molar-refractivity contribution in [3.8, 4) is 5.75 Å². The van der Waals surface area contributed by atoms with Crippen LogP contribution in [0.4, 0.5) is 13.2 Å². The Morgan fingerprint density at radius 3 is 2.54 bits per heavy atom. The number of rotatable bonds is 4. The Bertz CT molecular complexity index is 844. The van der Waals surface area contributed by atoms with Gasteiger partial charge in [-0.15, -0.1) is 0 Å². The van der Waals surface area contributed by atoms with E-state index in [0.717, 1.165) is 11.6 Å². The lowest BCUT2D eigenvalue weighted by molar-refractivity contribution is -0.137. The summed E-state index contributed by atoms with van der Waals surface area (Å²) < 4.78 is 38.5. The molecular formula is C21H23F3N2O2. The number of nitrogens with one attached hydrogen (secondary N) is 1. The van der Waals surface area contributed by atoms with Crippen LogP contribution in [0.2, 0.25) is 0 Å². The van der Waals surface area contributed by atoms with Crippen molar-refractivity contribution in [1.29, 1.82) is 0 Å². The fourth-order valence-electron chi connectivity index (χ4n) is 3.44. The molecule has 3 rings (SSSR count). The van der Waals surface area contributed by atoms with Crippen LogP contribution in [-0.4, -0.2) is 35.0 Å². The quantitative estimate of drug-likeness (QED) is 0.823. The number of alkyl halides is 3. The maximum atomic E-state index is 12.8. The van der Waals surface area contributed by atoms with Crippen LogP contribution in [0.15, 0.2) is 42.5 Å². The van der Waals surface area contributed by atoms with Gasteiger partial charge in [0.1, 0.15) is 5.75 Å². The Labute approximate surface area is 162 Å². The van der Waals surface area contributed by atoms with E-state index in [9.17, 15) is 23.1 Å². The number of carbonyl (C=O) groups is 1. The number of phenols is 1. The molecule has 2 aromatic rings. The average molecular weight is 392 g/mol. The number of hydrogen-bond acceptors (Lipinski definition) is 3. The highest BCUT2D eigenvalue weighted by Crippen LogP contribution is 2.30. The van der Waals surface area contributed by atoms with Crippen LogP contribution in [0.25, 0.3) is 0 Å². The van der Waals surface area contributed by atoms with Crippen LogP contribution in [0.1, 0.15) is 39.9 Å². The highest BCUT2D eigenvalue weighted by molar-refractivity contribution is 5.97. The lowest BCUT2D eigenvalue weighted by atomic mass is 10.0. The third-order valence-corrected chi connectivity index (χ3v) is 4.98. The molecule has 4 nitrogen and oxygen atoms in total. The van der Waals surface area contributed by atoms with E-state index in [1.807, 2.05) is 6.92 Å². The maximum absolute atomic E-state index is 12.8. The van der Waals surface area contributed by atoms with Crippen molar-refractivity contribution in [2.75, 3.05) is 13.1 Å². The minimum Gasteiger partial charge on any atom is -0.507 e. The van der Waals surface area contributed by atoms with Crippen LogP contribution in [0.5, 0.6) is 5.75 Å². The van der Waals surface area contributed by atoms with Crippen molar-refractivity contribution in [1.82, 2.24) is 10.2 Å². The summed E-state index contributed by atoms with van der Waals surface area (Å²) in [6.07, 6.45) is -2.93. The van der Waals surface area contributed by atoms with E-state index in [2.05, 4.69) is 10.2 Å². The summed E-state index contributed by atoms with van der Waals surface area (Å²) in [7, 11) is 0. The Kier molecular flexibility index (Phi) is 5.93. The van der Waals surface area contributed by atoms with Gasteiger partial charge in [-0.25, -0.2) is 0 Å². The first kappa shape index (κ1) is 20.2. The van der Waals surface area contributed by atoms with Crippen LogP contribution < -0.4 is 5.32 Å². The smallest absolute Gasteiger partial charge is 0.416 e. The first-order valence-corrected chi connectivity index (χ1v) is 9.21. The number of halogens is 3. The molecule has 0 unspecified atom stereocenters. The predicted octanol–water partition coefficient (Wildman–Crippen LogP) is 4.11. The van der Waals surface area contributed by atoms with Gasteiger partial charge < -0.3 is 10.4 Å². The largest absolute Gasteiger partial charge is 0.507 e. The van der Waals surface area contributed by atoms with Crippen LogP contribution in [0.3, 0.4) is 0 Å². The molecule has 0 bridgehead atoms. The number of phenolic OH excluding ortho intramolecular Hbond substituents is 1. The second-order valence-corrected chi connectivity index (χ2v) is 7.24. The number of hydrogen-bond donors (Lipinski definition) is 2. The number of benzene rings is 2. The Balaban J connectivity index is 1.53. The molecule has 28 heavy (non-hydrogen) atoms. The highest BCUT2D eigenvalue weighted by atomic mass is 19.4. The van der Waals surface area contributed by atoms with E-state index in [1.54, 1.807) is 24.3 Å². The highest BCUT2D eigenvalue weighted by Gasteiger charge is 2.30. The normalized spacial score (nSPS) is 16.1. The van der Waals surface area contributed by atoms with E-state index >= 15 is 0 Å². The number of likely N-dealkylation sites (tertiary alicyclic amines) is 1. The monoisotopic (exact) mass is 392 g/mol. The molecule has 2 aromatic carbocycles. The minimum absolute atomic E-state index is 0.0223. The van der Waals surface area contributed by atoms with Gasteiger partial charge in [0.15, 0.2) is 0 Å². The van der Waals surface area contributed by atoms with Gasteiger partial charge in [-0.05, 0) is 49.1 Å². The Morgan fingerprint density at radius 1 is 1.18 bits per heavy atom. The van der Waals surface area contributed by atoms with Crippen molar-refractivity contribution in [3.63, 3.8) is 0 Å². The van der Waals surface area contributed by atoms with Gasteiger partial charge in [0, 0.05) is 25.7 Å². The van der Waals surface area contributed by atoms with Gasteiger partial charge in [-0.3, -0.25) is 9.69 Å². The molecule has 0 spiro atoms. The second kappa shape index (κ2) is 8.22. The summed E-state index contributed by atoms with van der Waals surface area (Å²) in [5, 5.41) is 12.9. The van der Waals surface area contributed by atoms with Gasteiger partial charge in [0.25, 0.3) is 5.91 Å². The molecule has 1 amide bonds. The van der Waals surface area contributed by atoms with Gasteiger partial charge in [0.2, 0.25) is 0 Å². The molecule has 1 aliphatic heterocycles. The first-order chi connectivity index (χ1) is 13.2. The standard InChI is InChI=1S/C21H23F3N2O2/c1-14-5-6-18(19(27)11-14)20(28)25-17-7-9-26(10-8-17)13-15-3-2-4-16(12-15)21(22,23)24/h2-6,11-12,17,27H,7-10,13H2,1H3,(H,25,28). The molecule has 1 saturated heterocycles. The van der Waals surface area contributed by atoms with Crippen molar-refractivity contribution >= 4 is 5.91 Å². The molecule has 0 aliphatic carbocycles. The van der Waals surface area contributed by atoms with Crippen molar-refractivity contribution in [2.45, 2.75) is 38.5 Å². The summed E-state index contributed by atoms with van der Waals surface area (Å²) in [4.78, 5) is 14.4. The van der Waals surface area contributed by atoms with E-state index in [0.29, 0.717) is 38.0 Å². The van der Waals surface area contributed by atoms with E-state index < -0.39 is 11.7 Å². The zero-order valence-electron chi connectivity index (χ0n) is 15.6. The third kappa shape index (κ3) is 5.04. The zero-order chi connectivity index (χ0) is 20.3. The zero-order valence-corrected chi connectivity index (χ0v) is 15.6. The van der Waals surface area contributed by atoms with Crippen LogP contribution >= 0.6 is 0 Å². The number of nitrogens with zero attached hydrogens (tertiary/aromatic N) is 1. The number of aromatic hydroxyl groups is 1. The average Bonchev–Trinajstić information content (AvgIpc) is 2.63. The summed E-state index contributed by atoms with van der Waals surface area (Å²) in [6, 6.07) is 10.3. The number of carbonyl (C=O) groups excluding carboxylic acids is 1. The molecule has 0 radical (unpaired) electrons. The molecule has 2 N–H and O–H groups in total. The van der Waals surface area contributed by atoms with Crippen molar-refractivity contribution in [2.24, 2.45) is 0 Å². The number of amides is 1. The van der Waals surface area contributed by atoms with Crippen LogP contribution in [0, 0.1) is 6.92 Å².